The summed E-state index contributed by atoms with van der Waals surface area (Å²) in [7, 11) is 0. The molecule has 0 saturated heterocycles. The van der Waals surface area contributed by atoms with Crippen LogP contribution in [0.25, 0.3) is 10.9 Å². The van der Waals surface area contributed by atoms with Gasteiger partial charge in [-0.25, -0.2) is 0 Å². The van der Waals surface area contributed by atoms with Crippen molar-refractivity contribution in [1.82, 2.24) is 4.98 Å². The van der Waals surface area contributed by atoms with Crippen LogP contribution in [-0.4, -0.2) is 11.6 Å². The number of fused-ring (bicyclic) bond motifs is 1. The largest absolute Gasteiger partial charge is 0.487 e. The Kier molecular flexibility index (Phi) is 2.68. The van der Waals surface area contributed by atoms with Gasteiger partial charge >= 0.3 is 0 Å². The van der Waals surface area contributed by atoms with E-state index < -0.39 is 0 Å². The summed E-state index contributed by atoms with van der Waals surface area (Å²) in [6, 6.07) is 9.87. The number of pyridine rings is 1. The fourth-order valence-electron chi connectivity index (χ4n) is 1.39. The summed E-state index contributed by atoms with van der Waals surface area (Å²) in [6.45, 7) is 6.29. The molecule has 0 aliphatic heterocycles. The van der Waals surface area contributed by atoms with Crippen LogP contribution in [-0.2, 0) is 0 Å². The molecule has 2 rings (SSSR count). The van der Waals surface area contributed by atoms with E-state index in [2.05, 4.69) is 11.6 Å². The quantitative estimate of drug-likeness (QED) is 0.708. The van der Waals surface area contributed by atoms with Crippen LogP contribution in [0.15, 0.2) is 48.7 Å². The van der Waals surface area contributed by atoms with Gasteiger partial charge in [0.2, 0.25) is 0 Å². The Bertz CT molecular complexity index is 485. The molecular formula is C13H13NO. The number of rotatable bonds is 3. The van der Waals surface area contributed by atoms with E-state index in [1.165, 1.54) is 0 Å². The standard InChI is InChI=1S/C13H13NO/c1-10(2)9-15-12-7-3-5-11-6-4-8-14-13(11)12/h3-8H,1,9H2,2H3. The summed E-state index contributed by atoms with van der Waals surface area (Å²) in [5.41, 5.74) is 1.91. The second-order valence-corrected chi connectivity index (χ2v) is 3.58. The van der Waals surface area contributed by atoms with Crippen molar-refractivity contribution >= 4 is 10.9 Å². The van der Waals surface area contributed by atoms with Gasteiger partial charge in [0.05, 0.1) is 0 Å². The first kappa shape index (κ1) is 9.71. The predicted molar refractivity (Wildman–Crippen MR) is 62.1 cm³/mol. The summed E-state index contributed by atoms with van der Waals surface area (Å²) >= 11 is 0. The Hall–Kier alpha value is -1.83. The third kappa shape index (κ3) is 2.15. The first-order valence-corrected chi connectivity index (χ1v) is 4.88. The monoisotopic (exact) mass is 199 g/mol. The first-order chi connectivity index (χ1) is 7.27. The Balaban J connectivity index is 2.38. The van der Waals surface area contributed by atoms with Crippen molar-refractivity contribution in [3.05, 3.63) is 48.7 Å². The Morgan fingerprint density at radius 1 is 1.33 bits per heavy atom. The minimum Gasteiger partial charge on any atom is -0.487 e. The number of para-hydroxylation sites is 1. The summed E-state index contributed by atoms with van der Waals surface area (Å²) in [5.74, 6) is 0.816. The molecule has 0 aliphatic carbocycles. The van der Waals surface area contributed by atoms with Crippen molar-refractivity contribution in [3.63, 3.8) is 0 Å². The molecule has 76 valence electrons. The minimum atomic E-state index is 0.537. The molecule has 0 N–H and O–H groups in total. The second-order valence-electron chi connectivity index (χ2n) is 3.58. The Morgan fingerprint density at radius 3 is 2.93 bits per heavy atom. The predicted octanol–water partition coefficient (Wildman–Crippen LogP) is 3.19. The number of hydrogen-bond acceptors (Lipinski definition) is 2. The van der Waals surface area contributed by atoms with Crippen LogP contribution in [0.1, 0.15) is 6.92 Å². The van der Waals surface area contributed by atoms with Gasteiger partial charge in [0.25, 0.3) is 0 Å². The average Bonchev–Trinajstić information content (AvgIpc) is 2.26. The summed E-state index contributed by atoms with van der Waals surface area (Å²) in [6.07, 6.45) is 1.77. The molecule has 0 aliphatic rings. The lowest BCUT2D eigenvalue weighted by molar-refractivity contribution is 0.356. The number of benzene rings is 1. The molecule has 1 aromatic carbocycles. The fraction of sp³-hybridized carbons (Fsp3) is 0.154. The fourth-order valence-corrected chi connectivity index (χ4v) is 1.39. The van der Waals surface area contributed by atoms with Gasteiger partial charge in [0.15, 0.2) is 0 Å². The first-order valence-electron chi connectivity index (χ1n) is 4.88. The molecule has 1 aromatic heterocycles. The van der Waals surface area contributed by atoms with E-state index in [0.717, 1.165) is 22.2 Å². The van der Waals surface area contributed by atoms with Gasteiger partial charge in [-0.05, 0) is 24.6 Å². The Morgan fingerprint density at radius 2 is 2.13 bits per heavy atom. The van der Waals surface area contributed by atoms with Crippen LogP contribution in [0.2, 0.25) is 0 Å². The maximum atomic E-state index is 5.62. The van der Waals surface area contributed by atoms with Crippen molar-refractivity contribution in [1.29, 1.82) is 0 Å². The smallest absolute Gasteiger partial charge is 0.146 e. The van der Waals surface area contributed by atoms with E-state index in [1.807, 2.05) is 37.3 Å². The van der Waals surface area contributed by atoms with Crippen LogP contribution in [0, 0.1) is 0 Å². The zero-order valence-electron chi connectivity index (χ0n) is 8.73. The highest BCUT2D eigenvalue weighted by molar-refractivity contribution is 5.84. The third-order valence-corrected chi connectivity index (χ3v) is 2.07. The Labute approximate surface area is 89.2 Å². The minimum absolute atomic E-state index is 0.537. The molecule has 0 fully saturated rings. The molecule has 0 saturated carbocycles. The molecule has 0 spiro atoms. The van der Waals surface area contributed by atoms with E-state index in [-0.39, 0.29) is 0 Å². The molecule has 0 amide bonds. The molecule has 2 nitrogen and oxygen atoms in total. The van der Waals surface area contributed by atoms with Crippen LogP contribution < -0.4 is 4.74 Å². The van der Waals surface area contributed by atoms with E-state index in [4.69, 9.17) is 4.74 Å². The molecule has 1 heterocycles. The maximum Gasteiger partial charge on any atom is 0.146 e. The highest BCUT2D eigenvalue weighted by Crippen LogP contribution is 2.22. The van der Waals surface area contributed by atoms with Gasteiger partial charge in [0.1, 0.15) is 17.9 Å². The van der Waals surface area contributed by atoms with Gasteiger partial charge in [-0.1, -0.05) is 24.8 Å². The number of hydrogen-bond donors (Lipinski definition) is 0. The molecule has 0 unspecified atom stereocenters. The summed E-state index contributed by atoms with van der Waals surface area (Å²) < 4.78 is 5.62. The van der Waals surface area contributed by atoms with Crippen LogP contribution in [0.5, 0.6) is 5.75 Å². The van der Waals surface area contributed by atoms with E-state index in [9.17, 15) is 0 Å². The van der Waals surface area contributed by atoms with Crippen molar-refractivity contribution in [2.45, 2.75) is 6.92 Å². The van der Waals surface area contributed by atoms with Gasteiger partial charge < -0.3 is 4.74 Å². The van der Waals surface area contributed by atoms with Crippen LogP contribution in [0.3, 0.4) is 0 Å². The van der Waals surface area contributed by atoms with Crippen LogP contribution in [0.4, 0.5) is 0 Å². The summed E-state index contributed by atoms with van der Waals surface area (Å²) in [5, 5.41) is 1.09. The third-order valence-electron chi connectivity index (χ3n) is 2.07. The lowest BCUT2D eigenvalue weighted by Crippen LogP contribution is -1.98. The van der Waals surface area contributed by atoms with Gasteiger partial charge in [0, 0.05) is 11.6 Å². The van der Waals surface area contributed by atoms with Crippen molar-refractivity contribution in [2.75, 3.05) is 6.61 Å². The molecule has 2 aromatic rings. The molecule has 2 heteroatoms. The zero-order valence-corrected chi connectivity index (χ0v) is 8.73. The van der Waals surface area contributed by atoms with E-state index in [1.54, 1.807) is 6.20 Å². The van der Waals surface area contributed by atoms with Gasteiger partial charge in [-0.2, -0.15) is 0 Å². The second kappa shape index (κ2) is 4.13. The highest BCUT2D eigenvalue weighted by Gasteiger charge is 2.01. The average molecular weight is 199 g/mol. The maximum absolute atomic E-state index is 5.62. The molecular weight excluding hydrogens is 186 g/mol. The normalized spacial score (nSPS) is 10.2. The molecule has 0 bridgehead atoms. The molecule has 15 heavy (non-hydrogen) atoms. The van der Waals surface area contributed by atoms with E-state index >= 15 is 0 Å². The number of aromatic nitrogens is 1. The lowest BCUT2D eigenvalue weighted by Gasteiger charge is -2.07. The SMILES string of the molecule is C=C(C)COc1cccc2cccnc12. The molecule has 0 radical (unpaired) electrons. The van der Waals surface area contributed by atoms with Crippen LogP contribution >= 0.6 is 0 Å². The lowest BCUT2D eigenvalue weighted by atomic mass is 10.2. The van der Waals surface area contributed by atoms with Gasteiger partial charge in [-0.3, -0.25) is 4.98 Å². The topological polar surface area (TPSA) is 22.1 Å². The van der Waals surface area contributed by atoms with E-state index in [0.29, 0.717) is 6.61 Å². The van der Waals surface area contributed by atoms with Crippen molar-refractivity contribution < 1.29 is 4.74 Å². The number of ether oxygens (including phenoxy) is 1. The zero-order chi connectivity index (χ0) is 10.7. The summed E-state index contributed by atoms with van der Waals surface area (Å²) in [4.78, 5) is 4.30. The molecule has 0 atom stereocenters. The van der Waals surface area contributed by atoms with Crippen molar-refractivity contribution in [2.24, 2.45) is 0 Å². The number of nitrogens with zero attached hydrogens (tertiary/aromatic N) is 1. The van der Waals surface area contributed by atoms with Crippen molar-refractivity contribution in [3.8, 4) is 5.75 Å². The van der Waals surface area contributed by atoms with Gasteiger partial charge in [-0.15, -0.1) is 0 Å². The highest BCUT2D eigenvalue weighted by atomic mass is 16.5.